The zero-order chi connectivity index (χ0) is 18.4. The summed E-state index contributed by atoms with van der Waals surface area (Å²) in [6, 6.07) is 5.91. The lowest BCUT2D eigenvalue weighted by Crippen LogP contribution is -2.54. The van der Waals surface area contributed by atoms with Crippen molar-refractivity contribution in [2.75, 3.05) is 18.4 Å². The van der Waals surface area contributed by atoms with E-state index in [2.05, 4.69) is 15.5 Å². The average Bonchev–Trinajstić information content (AvgIpc) is 2.54. The smallest absolute Gasteiger partial charge is 0.237 e. The normalized spacial score (nSPS) is 18.6. The van der Waals surface area contributed by atoms with E-state index < -0.39 is 5.82 Å². The van der Waals surface area contributed by atoms with E-state index in [4.69, 9.17) is 0 Å². The third kappa shape index (κ3) is 6.12. The third-order valence-electron chi connectivity index (χ3n) is 4.19. The van der Waals surface area contributed by atoms with Crippen LogP contribution in [0.4, 0.5) is 10.1 Å². The molecule has 1 fully saturated rings. The average molecular weight is 349 g/mol. The molecular weight excluding hydrogens is 321 g/mol. The number of rotatable bonds is 5. The van der Waals surface area contributed by atoms with Gasteiger partial charge >= 0.3 is 0 Å². The monoisotopic (exact) mass is 349 g/mol. The summed E-state index contributed by atoms with van der Waals surface area (Å²) in [5.74, 6) is -0.677. The van der Waals surface area contributed by atoms with Crippen LogP contribution in [-0.4, -0.2) is 41.4 Å². The lowest BCUT2D eigenvalue weighted by atomic mass is 9.99. The highest BCUT2D eigenvalue weighted by Gasteiger charge is 2.30. The van der Waals surface area contributed by atoms with Crippen LogP contribution in [0.3, 0.4) is 0 Å². The van der Waals surface area contributed by atoms with E-state index in [9.17, 15) is 14.0 Å². The van der Waals surface area contributed by atoms with Gasteiger partial charge in [-0.3, -0.25) is 14.5 Å². The standard InChI is InChI=1S/C19H28FN3O2/c1-19(2,3)22-18(25)16-10-6-7-12-23(16)13-11-17(24)21-15-9-5-4-8-14(15)20/h4-5,8-9,16H,6-7,10-13H2,1-3H3,(H,21,24)(H,22,25)/t16-/m0/s1. The molecule has 6 heteroatoms. The Kier molecular flexibility index (Phi) is 6.53. The van der Waals surface area contributed by atoms with Gasteiger partial charge in [0.2, 0.25) is 11.8 Å². The molecule has 138 valence electrons. The second kappa shape index (κ2) is 8.43. The summed E-state index contributed by atoms with van der Waals surface area (Å²) in [6.45, 7) is 7.16. The minimum Gasteiger partial charge on any atom is -0.350 e. The molecule has 2 rings (SSSR count). The van der Waals surface area contributed by atoms with E-state index >= 15 is 0 Å². The molecule has 1 heterocycles. The zero-order valence-electron chi connectivity index (χ0n) is 15.3. The number of amides is 2. The molecule has 2 amide bonds. The van der Waals surface area contributed by atoms with Crippen LogP contribution in [0.1, 0.15) is 46.5 Å². The molecule has 1 saturated heterocycles. The molecule has 0 unspecified atom stereocenters. The van der Waals surface area contributed by atoms with E-state index in [0.717, 1.165) is 25.8 Å². The maximum Gasteiger partial charge on any atom is 0.237 e. The largest absolute Gasteiger partial charge is 0.350 e. The molecule has 0 saturated carbocycles. The van der Waals surface area contributed by atoms with Crippen LogP contribution in [0.25, 0.3) is 0 Å². The molecule has 0 bridgehead atoms. The SMILES string of the molecule is CC(C)(C)NC(=O)[C@@H]1CCCCN1CCC(=O)Nc1ccccc1F. The molecule has 0 aliphatic carbocycles. The van der Waals surface area contributed by atoms with Crippen LogP contribution >= 0.6 is 0 Å². The Bertz CT molecular complexity index is 613. The molecule has 1 aromatic carbocycles. The number of halogens is 1. The molecule has 0 spiro atoms. The van der Waals surface area contributed by atoms with Gasteiger partial charge in [0.25, 0.3) is 0 Å². The van der Waals surface area contributed by atoms with Gasteiger partial charge < -0.3 is 10.6 Å². The van der Waals surface area contributed by atoms with E-state index in [0.29, 0.717) is 6.54 Å². The molecule has 25 heavy (non-hydrogen) atoms. The van der Waals surface area contributed by atoms with Crippen molar-refractivity contribution in [2.24, 2.45) is 0 Å². The van der Waals surface area contributed by atoms with E-state index in [-0.39, 0.29) is 35.5 Å². The second-order valence-electron chi connectivity index (χ2n) is 7.56. The number of para-hydroxylation sites is 1. The maximum atomic E-state index is 13.6. The highest BCUT2D eigenvalue weighted by atomic mass is 19.1. The minimum absolute atomic E-state index is 0.0155. The molecule has 1 aliphatic heterocycles. The molecule has 2 N–H and O–H groups in total. The summed E-state index contributed by atoms with van der Waals surface area (Å²) in [6.07, 6.45) is 3.07. The van der Waals surface area contributed by atoms with Crippen LogP contribution < -0.4 is 10.6 Å². The van der Waals surface area contributed by atoms with Crippen LogP contribution in [0.2, 0.25) is 0 Å². The quantitative estimate of drug-likeness (QED) is 0.859. The number of likely N-dealkylation sites (tertiary alicyclic amines) is 1. The Morgan fingerprint density at radius 3 is 2.64 bits per heavy atom. The molecule has 0 radical (unpaired) electrons. The van der Waals surface area contributed by atoms with Gasteiger partial charge in [0.1, 0.15) is 5.82 Å². The van der Waals surface area contributed by atoms with Gasteiger partial charge in [0, 0.05) is 18.5 Å². The molecule has 5 nitrogen and oxygen atoms in total. The molecule has 1 aliphatic rings. The van der Waals surface area contributed by atoms with Gasteiger partial charge in [0.15, 0.2) is 0 Å². The maximum absolute atomic E-state index is 13.6. The van der Waals surface area contributed by atoms with Crippen molar-refractivity contribution in [3.8, 4) is 0 Å². The van der Waals surface area contributed by atoms with Crippen molar-refractivity contribution in [1.29, 1.82) is 0 Å². The first kappa shape index (κ1) is 19.4. The summed E-state index contributed by atoms with van der Waals surface area (Å²) < 4.78 is 13.6. The Labute approximate surface area is 149 Å². The minimum atomic E-state index is -0.448. The molecule has 0 aromatic heterocycles. The van der Waals surface area contributed by atoms with Crippen LogP contribution in [0, 0.1) is 5.82 Å². The zero-order valence-corrected chi connectivity index (χ0v) is 15.3. The Morgan fingerprint density at radius 2 is 1.96 bits per heavy atom. The highest BCUT2D eigenvalue weighted by Crippen LogP contribution is 2.19. The Balaban J connectivity index is 1.89. The van der Waals surface area contributed by atoms with Gasteiger partial charge in [-0.1, -0.05) is 18.6 Å². The number of carbonyl (C=O) groups excluding carboxylic acids is 2. The van der Waals surface area contributed by atoms with Crippen molar-refractivity contribution >= 4 is 17.5 Å². The number of benzene rings is 1. The van der Waals surface area contributed by atoms with Crippen molar-refractivity contribution < 1.29 is 14.0 Å². The van der Waals surface area contributed by atoms with Gasteiger partial charge in [0.05, 0.1) is 11.7 Å². The lowest BCUT2D eigenvalue weighted by Gasteiger charge is -2.36. The Morgan fingerprint density at radius 1 is 1.24 bits per heavy atom. The number of piperidine rings is 1. The van der Waals surface area contributed by atoms with Crippen LogP contribution in [-0.2, 0) is 9.59 Å². The first-order chi connectivity index (χ1) is 11.8. The second-order valence-corrected chi connectivity index (χ2v) is 7.56. The number of hydrogen-bond acceptors (Lipinski definition) is 3. The third-order valence-corrected chi connectivity index (χ3v) is 4.19. The fourth-order valence-electron chi connectivity index (χ4n) is 3.03. The fraction of sp³-hybridized carbons (Fsp3) is 0.579. The molecule has 1 aromatic rings. The molecule has 1 atom stereocenters. The van der Waals surface area contributed by atoms with Crippen molar-refractivity contribution in [3.05, 3.63) is 30.1 Å². The van der Waals surface area contributed by atoms with E-state index in [1.54, 1.807) is 12.1 Å². The summed E-state index contributed by atoms with van der Waals surface area (Å²) >= 11 is 0. The van der Waals surface area contributed by atoms with Gasteiger partial charge in [-0.25, -0.2) is 4.39 Å². The summed E-state index contributed by atoms with van der Waals surface area (Å²) in [7, 11) is 0. The van der Waals surface area contributed by atoms with E-state index in [1.165, 1.54) is 12.1 Å². The predicted octanol–water partition coefficient (Wildman–Crippen LogP) is 2.92. The topological polar surface area (TPSA) is 61.4 Å². The van der Waals surface area contributed by atoms with E-state index in [1.807, 2.05) is 20.8 Å². The Hall–Kier alpha value is -1.95. The summed E-state index contributed by atoms with van der Waals surface area (Å²) in [5, 5.41) is 5.61. The first-order valence-electron chi connectivity index (χ1n) is 8.87. The van der Waals surface area contributed by atoms with Gasteiger partial charge in [-0.05, 0) is 52.3 Å². The predicted molar refractivity (Wildman–Crippen MR) is 96.8 cm³/mol. The molecular formula is C19H28FN3O2. The summed E-state index contributed by atoms with van der Waals surface area (Å²) in [4.78, 5) is 26.7. The number of carbonyl (C=O) groups is 2. The van der Waals surface area contributed by atoms with Gasteiger partial charge in [-0.15, -0.1) is 0 Å². The lowest BCUT2D eigenvalue weighted by molar-refractivity contribution is -0.129. The number of nitrogens with zero attached hydrogens (tertiary/aromatic N) is 1. The number of anilines is 1. The van der Waals surface area contributed by atoms with Crippen molar-refractivity contribution in [3.63, 3.8) is 0 Å². The van der Waals surface area contributed by atoms with Crippen molar-refractivity contribution in [2.45, 2.75) is 58.0 Å². The number of hydrogen-bond donors (Lipinski definition) is 2. The fourth-order valence-corrected chi connectivity index (χ4v) is 3.03. The first-order valence-corrected chi connectivity index (χ1v) is 8.87. The number of nitrogens with one attached hydrogen (secondary N) is 2. The van der Waals surface area contributed by atoms with Gasteiger partial charge in [-0.2, -0.15) is 0 Å². The van der Waals surface area contributed by atoms with Crippen LogP contribution in [0.5, 0.6) is 0 Å². The van der Waals surface area contributed by atoms with Crippen molar-refractivity contribution in [1.82, 2.24) is 10.2 Å². The highest BCUT2D eigenvalue weighted by molar-refractivity contribution is 5.91. The summed E-state index contributed by atoms with van der Waals surface area (Å²) in [5.41, 5.74) is -0.0873. The van der Waals surface area contributed by atoms with Crippen LogP contribution in [0.15, 0.2) is 24.3 Å².